The largest absolute Gasteiger partial charge is 0.388 e. The first-order valence-corrected chi connectivity index (χ1v) is 22.5. The Labute approximate surface area is 367 Å². The maximum absolute atomic E-state index is 14.1. The molecular weight excluding hydrogens is 804 g/mol. The SMILES string of the molecule is CN1CCN(CCC(=O)Nc2ccc3c(=O)n(CC4(O)CCN(C(=O)C(CCCNC(=O)c5ccc6c(Cl)c7c(nc6c5)CCCC7)Cc5ccccc5)CC4)cnc3c2)CC1. The van der Waals surface area contributed by atoms with Crippen LogP contribution in [0.25, 0.3) is 21.8 Å². The summed E-state index contributed by atoms with van der Waals surface area (Å²) in [6, 6.07) is 20.5. The fourth-order valence-electron chi connectivity index (χ4n) is 9.15. The first-order chi connectivity index (χ1) is 30.0. The van der Waals surface area contributed by atoms with Gasteiger partial charge in [-0.3, -0.25) is 28.7 Å². The third-order valence-electron chi connectivity index (χ3n) is 13.0. The molecule has 8 rings (SSSR count). The number of aliphatic hydroxyl groups is 1. The van der Waals surface area contributed by atoms with Crippen molar-refractivity contribution < 1.29 is 19.5 Å². The topological polar surface area (TPSA) is 153 Å². The first kappa shape index (κ1) is 43.4. The van der Waals surface area contributed by atoms with Crippen molar-refractivity contribution in [3.8, 4) is 0 Å². The van der Waals surface area contributed by atoms with Crippen LogP contribution in [-0.4, -0.2) is 117 Å². The number of likely N-dealkylation sites (N-methyl/N-ethyl adjacent to an activating group) is 1. The summed E-state index contributed by atoms with van der Waals surface area (Å²) in [6.45, 7) is 5.77. The molecule has 2 aromatic heterocycles. The average molecular weight is 861 g/mol. The van der Waals surface area contributed by atoms with E-state index >= 15 is 0 Å². The number of carbonyl (C=O) groups excluding carboxylic acids is 3. The third-order valence-corrected chi connectivity index (χ3v) is 13.4. The second-order valence-corrected chi connectivity index (χ2v) is 17.9. The van der Waals surface area contributed by atoms with Crippen molar-refractivity contribution in [2.24, 2.45) is 5.92 Å². The molecular formula is C48H57ClN8O5. The number of benzene rings is 3. The standard InChI is InChI=1S/C48H57ClN8O5/c1-54-24-26-55(27-25-54)21-17-43(58)52-36-14-16-39-41(30-36)51-32-57(47(39)61)31-48(62)18-22-56(23-19-48)46(60)35(28-33-8-3-2-4-9-33)10-7-20-50-45(59)34-13-15-38-42(29-34)53-40-12-6-5-11-37(40)44(38)49/h2-4,8-9,13-16,29-30,32,35,62H,5-7,10-12,17-28,31H2,1H3,(H,50,59)(H,52,58). The van der Waals surface area contributed by atoms with Crippen LogP contribution in [0.15, 0.2) is 77.9 Å². The highest BCUT2D eigenvalue weighted by Crippen LogP contribution is 2.33. The predicted octanol–water partition coefficient (Wildman–Crippen LogP) is 5.48. The van der Waals surface area contributed by atoms with Crippen molar-refractivity contribution in [3.05, 3.63) is 111 Å². The smallest absolute Gasteiger partial charge is 0.261 e. The molecule has 3 N–H and O–H groups in total. The molecule has 1 atom stereocenters. The van der Waals surface area contributed by atoms with Crippen LogP contribution in [-0.2, 0) is 35.4 Å². The molecule has 5 aromatic rings. The molecule has 0 radical (unpaired) electrons. The maximum Gasteiger partial charge on any atom is 0.261 e. The number of likely N-dealkylation sites (tertiary alicyclic amines) is 1. The Morgan fingerprint density at radius 1 is 0.903 bits per heavy atom. The Morgan fingerprint density at radius 2 is 1.66 bits per heavy atom. The van der Waals surface area contributed by atoms with Crippen LogP contribution in [0.5, 0.6) is 0 Å². The van der Waals surface area contributed by atoms with Crippen molar-refractivity contribution >= 4 is 56.8 Å². The van der Waals surface area contributed by atoms with Crippen molar-refractivity contribution in [2.75, 3.05) is 64.7 Å². The van der Waals surface area contributed by atoms with Crippen LogP contribution < -0.4 is 16.2 Å². The molecule has 3 aromatic carbocycles. The number of aromatic nitrogens is 3. The molecule has 13 nitrogen and oxygen atoms in total. The van der Waals surface area contributed by atoms with Gasteiger partial charge in [0.1, 0.15) is 0 Å². The molecule has 0 bridgehead atoms. The zero-order valence-corrected chi connectivity index (χ0v) is 36.3. The van der Waals surface area contributed by atoms with Gasteiger partial charge in [0.25, 0.3) is 11.5 Å². The van der Waals surface area contributed by atoms with Crippen LogP contribution in [0.3, 0.4) is 0 Å². The van der Waals surface area contributed by atoms with Gasteiger partial charge in [-0.25, -0.2) is 4.98 Å². The molecule has 4 heterocycles. The van der Waals surface area contributed by atoms with Crippen molar-refractivity contribution in [2.45, 2.75) is 76.4 Å². The number of aryl methyl sites for hydroxylation is 1. The number of hydrogen-bond donors (Lipinski definition) is 3. The lowest BCUT2D eigenvalue weighted by Gasteiger charge is -2.39. The Balaban J connectivity index is 0.845. The quantitative estimate of drug-likeness (QED) is 0.123. The first-order valence-electron chi connectivity index (χ1n) is 22.2. The van der Waals surface area contributed by atoms with E-state index < -0.39 is 5.60 Å². The van der Waals surface area contributed by atoms with E-state index in [0.29, 0.717) is 86.9 Å². The van der Waals surface area contributed by atoms with E-state index in [4.69, 9.17) is 16.6 Å². The lowest BCUT2D eigenvalue weighted by Crippen LogP contribution is -2.51. The number of nitrogens with one attached hydrogen (secondary N) is 2. The summed E-state index contributed by atoms with van der Waals surface area (Å²) in [5.74, 6) is -0.559. The second-order valence-electron chi connectivity index (χ2n) is 17.5. The van der Waals surface area contributed by atoms with Crippen LogP contribution in [0.2, 0.25) is 5.02 Å². The van der Waals surface area contributed by atoms with Crippen molar-refractivity contribution in [3.63, 3.8) is 0 Å². The molecule has 14 heteroatoms. The highest BCUT2D eigenvalue weighted by Gasteiger charge is 2.36. The van der Waals surface area contributed by atoms with Crippen molar-refractivity contribution in [1.82, 2.24) is 34.6 Å². The summed E-state index contributed by atoms with van der Waals surface area (Å²) in [6.07, 6.45) is 8.25. The number of anilines is 1. The van der Waals surface area contributed by atoms with Gasteiger partial charge in [-0.05, 0) is 106 Å². The molecule has 2 fully saturated rings. The lowest BCUT2D eigenvalue weighted by molar-refractivity contribution is -0.140. The number of amides is 3. The van der Waals surface area contributed by atoms with Gasteiger partial charge in [-0.15, -0.1) is 0 Å². The highest BCUT2D eigenvalue weighted by atomic mass is 35.5. The minimum atomic E-state index is -1.20. The van der Waals surface area contributed by atoms with Gasteiger partial charge in [-0.1, -0.05) is 48.0 Å². The van der Waals surface area contributed by atoms with Crippen molar-refractivity contribution in [1.29, 1.82) is 0 Å². The average Bonchev–Trinajstić information content (AvgIpc) is 3.28. The van der Waals surface area contributed by atoms with Gasteiger partial charge in [-0.2, -0.15) is 0 Å². The summed E-state index contributed by atoms with van der Waals surface area (Å²) in [4.78, 5) is 69.5. The fraction of sp³-hybridized carbons (Fsp3) is 0.458. The van der Waals surface area contributed by atoms with Gasteiger partial charge < -0.3 is 30.4 Å². The zero-order valence-electron chi connectivity index (χ0n) is 35.6. The molecule has 2 aliphatic heterocycles. The summed E-state index contributed by atoms with van der Waals surface area (Å²) < 4.78 is 1.44. The molecule has 0 spiro atoms. The number of piperazine rings is 1. The summed E-state index contributed by atoms with van der Waals surface area (Å²) in [5.41, 5.74) is 4.06. The predicted molar refractivity (Wildman–Crippen MR) is 243 cm³/mol. The minimum absolute atomic E-state index is 0.0230. The monoisotopic (exact) mass is 860 g/mol. The minimum Gasteiger partial charge on any atom is -0.388 e. The molecule has 2 saturated heterocycles. The number of fused-ring (bicyclic) bond motifs is 3. The maximum atomic E-state index is 14.1. The normalized spacial score (nSPS) is 17.4. The van der Waals surface area contributed by atoms with Crippen LogP contribution in [0.4, 0.5) is 5.69 Å². The van der Waals surface area contributed by atoms with E-state index in [1.54, 1.807) is 24.3 Å². The molecule has 0 saturated carbocycles. The summed E-state index contributed by atoms with van der Waals surface area (Å²) >= 11 is 6.76. The number of pyridine rings is 1. The third kappa shape index (κ3) is 10.3. The Hall–Kier alpha value is -5.21. The zero-order chi connectivity index (χ0) is 43.2. The number of halogens is 1. The van der Waals surface area contributed by atoms with E-state index in [1.807, 2.05) is 47.4 Å². The van der Waals surface area contributed by atoms with E-state index in [-0.39, 0.29) is 35.7 Å². The van der Waals surface area contributed by atoms with Gasteiger partial charge in [0.15, 0.2) is 0 Å². The van der Waals surface area contributed by atoms with Crippen LogP contribution in [0.1, 0.15) is 72.1 Å². The molecule has 1 unspecified atom stereocenters. The number of carbonyl (C=O) groups is 3. The van der Waals surface area contributed by atoms with Crippen LogP contribution in [0, 0.1) is 5.92 Å². The number of hydrogen-bond acceptors (Lipinski definition) is 9. The number of piperidine rings is 1. The van der Waals surface area contributed by atoms with Crippen LogP contribution >= 0.6 is 11.6 Å². The van der Waals surface area contributed by atoms with Gasteiger partial charge in [0.2, 0.25) is 11.8 Å². The van der Waals surface area contributed by atoms with E-state index in [0.717, 1.165) is 84.6 Å². The van der Waals surface area contributed by atoms with Gasteiger partial charge in [0, 0.05) is 87.0 Å². The Bertz CT molecular complexity index is 2480. The fourth-order valence-corrected chi connectivity index (χ4v) is 9.52. The highest BCUT2D eigenvalue weighted by molar-refractivity contribution is 6.36. The lowest BCUT2D eigenvalue weighted by atomic mass is 9.88. The molecule has 3 amide bonds. The van der Waals surface area contributed by atoms with E-state index in [2.05, 4.69) is 32.5 Å². The number of rotatable bonds is 14. The van der Waals surface area contributed by atoms with Gasteiger partial charge in [0.05, 0.1) is 39.9 Å². The summed E-state index contributed by atoms with van der Waals surface area (Å²) in [5, 5.41) is 19.7. The molecule has 3 aliphatic rings. The Morgan fingerprint density at radius 3 is 2.45 bits per heavy atom. The molecule has 326 valence electrons. The van der Waals surface area contributed by atoms with Gasteiger partial charge >= 0.3 is 0 Å². The van der Waals surface area contributed by atoms with E-state index in [1.165, 1.54) is 10.9 Å². The molecule has 62 heavy (non-hydrogen) atoms. The second kappa shape index (κ2) is 19.5. The summed E-state index contributed by atoms with van der Waals surface area (Å²) in [7, 11) is 2.10. The van der Waals surface area contributed by atoms with E-state index in [9.17, 15) is 24.3 Å². The Kier molecular flexibility index (Phi) is 13.6. The number of nitrogens with zero attached hydrogens (tertiary/aromatic N) is 6. The molecule has 1 aliphatic carbocycles.